The van der Waals surface area contributed by atoms with Crippen LogP contribution in [0.5, 0.6) is 0 Å². The van der Waals surface area contributed by atoms with Gasteiger partial charge in [-0.15, -0.1) is 0 Å². The Morgan fingerprint density at radius 2 is 1.94 bits per heavy atom. The van der Waals surface area contributed by atoms with Crippen molar-refractivity contribution >= 4 is 0 Å². The Hall–Kier alpha value is -1.50. The van der Waals surface area contributed by atoms with E-state index in [4.69, 9.17) is 0 Å². The van der Waals surface area contributed by atoms with Crippen LogP contribution in [0.15, 0.2) is 48.2 Å². The summed E-state index contributed by atoms with van der Waals surface area (Å²) in [7, 11) is 2.16. The van der Waals surface area contributed by atoms with Gasteiger partial charge in [-0.3, -0.25) is 0 Å². The summed E-state index contributed by atoms with van der Waals surface area (Å²) < 4.78 is 0. The minimum atomic E-state index is -0.0238. The first-order chi connectivity index (χ1) is 8.08. The summed E-state index contributed by atoms with van der Waals surface area (Å²) in [5, 5.41) is 0. The van der Waals surface area contributed by atoms with E-state index in [0.29, 0.717) is 0 Å². The maximum absolute atomic E-state index is 2.31. The first kappa shape index (κ1) is 12.0. The average molecular weight is 227 g/mol. The topological polar surface area (TPSA) is 3.24 Å². The van der Waals surface area contributed by atoms with E-state index in [1.807, 2.05) is 0 Å². The molecule has 1 nitrogen and oxygen atoms in total. The quantitative estimate of drug-likeness (QED) is 0.738. The molecule has 1 heterocycles. The van der Waals surface area contributed by atoms with Gasteiger partial charge in [0.25, 0.3) is 0 Å². The Morgan fingerprint density at radius 3 is 2.53 bits per heavy atom. The Bertz CT molecular complexity index is 470. The van der Waals surface area contributed by atoms with Crippen LogP contribution in [0, 0.1) is 6.92 Å². The SMILES string of the molecule is CCC1=CN(C)C(C)(c2ccccc2C)C=C1. The second kappa shape index (κ2) is 4.40. The number of nitrogens with zero attached hydrogens (tertiary/aromatic N) is 1. The number of hydrogen-bond acceptors (Lipinski definition) is 1. The summed E-state index contributed by atoms with van der Waals surface area (Å²) >= 11 is 0. The zero-order valence-electron chi connectivity index (χ0n) is 11.2. The van der Waals surface area contributed by atoms with Crippen molar-refractivity contribution in [3.63, 3.8) is 0 Å². The van der Waals surface area contributed by atoms with Gasteiger partial charge < -0.3 is 4.90 Å². The van der Waals surface area contributed by atoms with E-state index in [1.54, 1.807) is 0 Å². The molecule has 1 unspecified atom stereocenters. The van der Waals surface area contributed by atoms with E-state index < -0.39 is 0 Å². The van der Waals surface area contributed by atoms with Gasteiger partial charge in [-0.05, 0) is 37.0 Å². The van der Waals surface area contributed by atoms with Crippen molar-refractivity contribution in [1.29, 1.82) is 0 Å². The van der Waals surface area contributed by atoms with Crippen LogP contribution in [0.3, 0.4) is 0 Å². The molecule has 0 N–H and O–H groups in total. The van der Waals surface area contributed by atoms with Crippen LogP contribution < -0.4 is 0 Å². The van der Waals surface area contributed by atoms with Crippen molar-refractivity contribution < 1.29 is 0 Å². The molecule has 90 valence electrons. The zero-order chi connectivity index (χ0) is 12.5. The molecular weight excluding hydrogens is 206 g/mol. The van der Waals surface area contributed by atoms with Crippen molar-refractivity contribution in [3.05, 3.63) is 59.3 Å². The molecule has 1 heteroatoms. The lowest BCUT2D eigenvalue weighted by Crippen LogP contribution is -2.38. The number of aryl methyl sites for hydroxylation is 1. The molecule has 2 rings (SSSR count). The normalized spacial score (nSPS) is 23.8. The molecule has 0 radical (unpaired) electrons. The summed E-state index contributed by atoms with van der Waals surface area (Å²) in [5.74, 6) is 0. The zero-order valence-corrected chi connectivity index (χ0v) is 11.2. The van der Waals surface area contributed by atoms with Gasteiger partial charge in [-0.25, -0.2) is 0 Å². The third-order valence-corrected chi connectivity index (χ3v) is 3.81. The Balaban J connectivity index is 2.43. The number of benzene rings is 1. The molecule has 1 aliphatic rings. The van der Waals surface area contributed by atoms with E-state index in [1.165, 1.54) is 16.7 Å². The molecule has 1 atom stereocenters. The summed E-state index contributed by atoms with van der Waals surface area (Å²) in [6, 6.07) is 8.62. The molecule has 0 saturated carbocycles. The van der Waals surface area contributed by atoms with Crippen LogP contribution in [0.1, 0.15) is 31.4 Å². The highest BCUT2D eigenvalue weighted by molar-refractivity contribution is 5.40. The lowest BCUT2D eigenvalue weighted by atomic mass is 9.84. The predicted octanol–water partition coefficient (Wildman–Crippen LogP) is 4.01. The molecule has 0 saturated heterocycles. The molecule has 0 amide bonds. The number of likely N-dealkylation sites (N-methyl/N-ethyl adjacent to an activating group) is 1. The second-order valence-corrected chi connectivity index (χ2v) is 4.96. The first-order valence-corrected chi connectivity index (χ1v) is 6.27. The van der Waals surface area contributed by atoms with Gasteiger partial charge >= 0.3 is 0 Å². The van der Waals surface area contributed by atoms with Gasteiger partial charge in [0.05, 0.1) is 5.54 Å². The average Bonchev–Trinajstić information content (AvgIpc) is 2.33. The Kier molecular flexibility index (Phi) is 3.10. The van der Waals surface area contributed by atoms with Crippen molar-refractivity contribution in [2.75, 3.05) is 7.05 Å². The highest BCUT2D eigenvalue weighted by Crippen LogP contribution is 2.34. The molecule has 1 aliphatic heterocycles. The molecular formula is C16H21N. The van der Waals surface area contributed by atoms with E-state index in [0.717, 1.165) is 6.42 Å². The highest BCUT2D eigenvalue weighted by Gasteiger charge is 2.30. The molecule has 1 aromatic carbocycles. The molecule has 0 spiro atoms. The summed E-state index contributed by atoms with van der Waals surface area (Å²) in [6.45, 7) is 6.65. The van der Waals surface area contributed by atoms with Gasteiger partial charge in [0, 0.05) is 13.2 Å². The lowest BCUT2D eigenvalue weighted by Gasteiger charge is -2.40. The predicted molar refractivity (Wildman–Crippen MR) is 73.8 cm³/mol. The number of allylic oxidation sites excluding steroid dienone is 2. The Morgan fingerprint density at radius 1 is 1.24 bits per heavy atom. The van der Waals surface area contributed by atoms with Gasteiger partial charge in [0.1, 0.15) is 0 Å². The molecule has 17 heavy (non-hydrogen) atoms. The molecule has 0 fully saturated rings. The van der Waals surface area contributed by atoms with Crippen molar-refractivity contribution in [1.82, 2.24) is 4.90 Å². The van der Waals surface area contributed by atoms with Gasteiger partial charge in [-0.2, -0.15) is 0 Å². The number of hydrogen-bond donors (Lipinski definition) is 0. The lowest BCUT2D eigenvalue weighted by molar-refractivity contribution is 0.258. The van der Waals surface area contributed by atoms with Crippen LogP contribution in [0.25, 0.3) is 0 Å². The maximum Gasteiger partial charge on any atom is 0.0806 e. The van der Waals surface area contributed by atoms with Gasteiger partial charge in [0.2, 0.25) is 0 Å². The van der Waals surface area contributed by atoms with E-state index >= 15 is 0 Å². The highest BCUT2D eigenvalue weighted by atomic mass is 15.2. The molecule has 1 aromatic rings. The first-order valence-electron chi connectivity index (χ1n) is 6.27. The number of rotatable bonds is 2. The fourth-order valence-corrected chi connectivity index (χ4v) is 2.44. The summed E-state index contributed by atoms with van der Waals surface area (Å²) in [6.07, 6.45) is 7.91. The molecule has 0 aromatic heterocycles. The fourth-order valence-electron chi connectivity index (χ4n) is 2.44. The van der Waals surface area contributed by atoms with Crippen molar-refractivity contribution in [2.45, 2.75) is 32.7 Å². The standard InChI is InChI=1S/C16H21N/c1-5-14-10-11-16(3,17(4)12-14)15-9-7-6-8-13(15)2/h6-12H,5H2,1-4H3. The monoisotopic (exact) mass is 227 g/mol. The van der Waals surface area contributed by atoms with E-state index in [2.05, 4.69) is 75.3 Å². The van der Waals surface area contributed by atoms with E-state index in [-0.39, 0.29) is 5.54 Å². The van der Waals surface area contributed by atoms with Crippen molar-refractivity contribution in [3.8, 4) is 0 Å². The molecule has 0 bridgehead atoms. The summed E-state index contributed by atoms with van der Waals surface area (Å²) in [5.41, 5.74) is 4.09. The minimum Gasteiger partial charge on any atom is -0.367 e. The molecule has 0 aliphatic carbocycles. The third-order valence-electron chi connectivity index (χ3n) is 3.81. The van der Waals surface area contributed by atoms with Crippen molar-refractivity contribution in [2.24, 2.45) is 0 Å². The Labute approximate surface area is 104 Å². The van der Waals surface area contributed by atoms with Crippen LogP contribution in [0.4, 0.5) is 0 Å². The van der Waals surface area contributed by atoms with Crippen LogP contribution in [-0.4, -0.2) is 11.9 Å². The maximum atomic E-state index is 2.31. The second-order valence-electron chi connectivity index (χ2n) is 4.96. The fraction of sp³-hybridized carbons (Fsp3) is 0.375. The minimum absolute atomic E-state index is 0.0238. The smallest absolute Gasteiger partial charge is 0.0806 e. The van der Waals surface area contributed by atoms with E-state index in [9.17, 15) is 0 Å². The van der Waals surface area contributed by atoms with Crippen LogP contribution >= 0.6 is 0 Å². The van der Waals surface area contributed by atoms with Crippen LogP contribution in [-0.2, 0) is 5.54 Å². The third kappa shape index (κ3) is 2.02. The summed E-state index contributed by atoms with van der Waals surface area (Å²) in [4.78, 5) is 2.31. The van der Waals surface area contributed by atoms with Crippen LogP contribution in [0.2, 0.25) is 0 Å². The van der Waals surface area contributed by atoms with Gasteiger partial charge in [-0.1, -0.05) is 43.3 Å². The van der Waals surface area contributed by atoms with Gasteiger partial charge in [0.15, 0.2) is 0 Å². The largest absolute Gasteiger partial charge is 0.367 e.